The van der Waals surface area contributed by atoms with Gasteiger partial charge in [0.25, 0.3) is 0 Å². The summed E-state index contributed by atoms with van der Waals surface area (Å²) in [5, 5.41) is 22.8. The van der Waals surface area contributed by atoms with E-state index in [1.807, 2.05) is 4.90 Å². The van der Waals surface area contributed by atoms with E-state index >= 15 is 8.78 Å². The molecule has 3 aliphatic heterocycles. The van der Waals surface area contributed by atoms with Crippen molar-refractivity contribution in [2.24, 2.45) is 5.41 Å². The van der Waals surface area contributed by atoms with Gasteiger partial charge in [0.15, 0.2) is 5.82 Å². The van der Waals surface area contributed by atoms with Crippen LogP contribution in [0.5, 0.6) is 17.6 Å². The first-order chi connectivity index (χ1) is 27.4. The fraction of sp³-hybridized carbons (Fsp3) is 0.568. The SMILES string of the molecule is C#Cc1c(F)ccc2cc(O)cc(-c3nc(OC)c4c(N5CCOC[C@@](C)(O)C5)nc(OC[C@@]56CCCN(C7COC8(CCCC8)C7)[C@]5(C)CCC6)nc4c3F)c12. The number of methoxy groups -OCH3 is 1. The van der Waals surface area contributed by atoms with Crippen LogP contribution in [0, 0.1) is 29.4 Å². The first-order valence-corrected chi connectivity index (χ1v) is 20.3. The molecule has 2 aliphatic carbocycles. The Labute approximate surface area is 331 Å². The molecule has 13 heteroatoms. The number of phenols is 1. The largest absolute Gasteiger partial charge is 0.508 e. The van der Waals surface area contributed by atoms with Crippen LogP contribution in [-0.4, -0.2) is 106 Å². The summed E-state index contributed by atoms with van der Waals surface area (Å²) in [4.78, 5) is 18.9. The van der Waals surface area contributed by atoms with Crippen molar-refractivity contribution in [3.63, 3.8) is 0 Å². The molecule has 9 rings (SSSR count). The van der Waals surface area contributed by atoms with Crippen molar-refractivity contribution in [2.45, 2.75) is 101 Å². The lowest BCUT2D eigenvalue weighted by Gasteiger charge is -2.56. The molecule has 0 bridgehead atoms. The molecular weight excluding hydrogens is 733 g/mol. The van der Waals surface area contributed by atoms with Crippen LogP contribution in [0.1, 0.15) is 83.6 Å². The van der Waals surface area contributed by atoms with Gasteiger partial charge in [0.2, 0.25) is 5.88 Å². The highest BCUT2D eigenvalue weighted by atomic mass is 19.1. The number of benzene rings is 2. The number of hydrogen-bond donors (Lipinski definition) is 2. The highest BCUT2D eigenvalue weighted by molar-refractivity contribution is 6.04. The number of nitrogens with zero attached hydrogens (tertiary/aromatic N) is 5. The molecule has 302 valence electrons. The van der Waals surface area contributed by atoms with Gasteiger partial charge in [-0.2, -0.15) is 9.97 Å². The third-order valence-electron chi connectivity index (χ3n) is 13.9. The minimum absolute atomic E-state index is 0.00777. The quantitative estimate of drug-likeness (QED) is 0.190. The number of terminal acetylenes is 1. The van der Waals surface area contributed by atoms with Crippen molar-refractivity contribution in [3.8, 4) is 41.2 Å². The zero-order valence-electron chi connectivity index (χ0n) is 33.0. The molecule has 5 aliphatic rings. The molecule has 11 nitrogen and oxygen atoms in total. The third kappa shape index (κ3) is 6.35. The van der Waals surface area contributed by atoms with E-state index in [1.54, 1.807) is 6.92 Å². The van der Waals surface area contributed by atoms with Gasteiger partial charge in [0, 0.05) is 34.5 Å². The van der Waals surface area contributed by atoms with Gasteiger partial charge >= 0.3 is 6.01 Å². The average Bonchev–Trinajstić information content (AvgIpc) is 3.90. The number of ether oxygens (including phenoxy) is 4. The number of anilines is 1. The number of piperidine rings is 1. The van der Waals surface area contributed by atoms with Crippen LogP contribution >= 0.6 is 0 Å². The molecule has 3 saturated heterocycles. The van der Waals surface area contributed by atoms with Crippen molar-refractivity contribution >= 4 is 27.5 Å². The Morgan fingerprint density at radius 1 is 1.00 bits per heavy atom. The molecule has 2 saturated carbocycles. The monoisotopic (exact) mass is 783 g/mol. The number of halogens is 2. The zero-order valence-corrected chi connectivity index (χ0v) is 33.0. The highest BCUT2D eigenvalue weighted by Gasteiger charge is 2.60. The Morgan fingerprint density at radius 3 is 2.60 bits per heavy atom. The predicted molar refractivity (Wildman–Crippen MR) is 212 cm³/mol. The number of rotatable bonds is 7. The van der Waals surface area contributed by atoms with Gasteiger partial charge in [-0.05, 0) is 88.9 Å². The number of hydrogen-bond acceptors (Lipinski definition) is 11. The van der Waals surface area contributed by atoms with E-state index < -0.39 is 17.2 Å². The summed E-state index contributed by atoms with van der Waals surface area (Å²) in [5.74, 6) is 0.949. The molecular formula is C44H51F2N5O6. The Hall–Kier alpha value is -4.35. The van der Waals surface area contributed by atoms with E-state index in [0.717, 1.165) is 64.5 Å². The Balaban J connectivity index is 1.16. The Bertz CT molecular complexity index is 2280. The van der Waals surface area contributed by atoms with Gasteiger partial charge in [-0.25, -0.2) is 13.8 Å². The number of aliphatic hydroxyl groups is 1. The van der Waals surface area contributed by atoms with Crippen LogP contribution < -0.4 is 14.4 Å². The maximum atomic E-state index is 17.4. The molecule has 4 atom stereocenters. The van der Waals surface area contributed by atoms with Crippen molar-refractivity contribution in [1.29, 1.82) is 0 Å². The van der Waals surface area contributed by atoms with Gasteiger partial charge in [0.05, 0.1) is 51.2 Å². The lowest BCUT2D eigenvalue weighted by Crippen LogP contribution is -2.63. The second-order valence-electron chi connectivity index (χ2n) is 17.5. The smallest absolute Gasteiger partial charge is 0.319 e. The van der Waals surface area contributed by atoms with E-state index in [0.29, 0.717) is 24.6 Å². The summed E-state index contributed by atoms with van der Waals surface area (Å²) in [6, 6.07) is 5.76. The zero-order chi connectivity index (χ0) is 39.7. The van der Waals surface area contributed by atoms with Gasteiger partial charge in [-0.15, -0.1) is 6.42 Å². The minimum Gasteiger partial charge on any atom is -0.508 e. The molecule has 1 spiro atoms. The van der Waals surface area contributed by atoms with Gasteiger partial charge in [0.1, 0.15) is 39.6 Å². The number of likely N-dealkylation sites (tertiary alicyclic amines) is 1. The summed E-state index contributed by atoms with van der Waals surface area (Å²) >= 11 is 0. The summed E-state index contributed by atoms with van der Waals surface area (Å²) < 4.78 is 57.4. The second-order valence-corrected chi connectivity index (χ2v) is 17.5. The first kappa shape index (κ1) is 38.2. The number of pyridine rings is 1. The van der Waals surface area contributed by atoms with E-state index in [4.69, 9.17) is 35.3 Å². The molecule has 2 aromatic heterocycles. The van der Waals surface area contributed by atoms with Gasteiger partial charge < -0.3 is 34.1 Å². The summed E-state index contributed by atoms with van der Waals surface area (Å²) in [7, 11) is 1.41. The molecule has 1 unspecified atom stereocenters. The average molecular weight is 784 g/mol. The molecule has 2 N–H and O–H groups in total. The lowest BCUT2D eigenvalue weighted by atomic mass is 9.66. The number of phenolic OH excluding ortho intramolecular Hbond substituents is 1. The fourth-order valence-electron chi connectivity index (χ4n) is 11.1. The fourth-order valence-corrected chi connectivity index (χ4v) is 11.1. The Kier molecular flexibility index (Phi) is 9.50. The normalized spacial score (nSPS) is 28.9. The Morgan fingerprint density at radius 2 is 1.81 bits per heavy atom. The second kappa shape index (κ2) is 14.2. The van der Waals surface area contributed by atoms with Crippen LogP contribution in [-0.2, 0) is 9.47 Å². The van der Waals surface area contributed by atoms with E-state index in [-0.39, 0.29) is 92.9 Å². The minimum atomic E-state index is -1.25. The van der Waals surface area contributed by atoms with E-state index in [1.165, 1.54) is 44.2 Å². The first-order valence-electron chi connectivity index (χ1n) is 20.3. The van der Waals surface area contributed by atoms with Gasteiger partial charge in [-0.3, -0.25) is 4.90 Å². The molecule has 4 aromatic rings. The van der Waals surface area contributed by atoms with Crippen LogP contribution in [0.25, 0.3) is 32.9 Å². The molecule has 57 heavy (non-hydrogen) atoms. The van der Waals surface area contributed by atoms with E-state index in [9.17, 15) is 10.2 Å². The maximum Gasteiger partial charge on any atom is 0.319 e. The summed E-state index contributed by atoms with van der Waals surface area (Å²) in [6.07, 6.45) is 16.7. The summed E-state index contributed by atoms with van der Waals surface area (Å²) in [5.41, 5.74) is -1.95. The predicted octanol–water partition coefficient (Wildman–Crippen LogP) is 6.91. The van der Waals surface area contributed by atoms with E-state index in [2.05, 4.69) is 22.7 Å². The molecule has 5 fully saturated rings. The van der Waals surface area contributed by atoms with Crippen LogP contribution in [0.15, 0.2) is 24.3 Å². The number of fused-ring (bicyclic) bond motifs is 3. The van der Waals surface area contributed by atoms with Crippen LogP contribution in [0.2, 0.25) is 0 Å². The van der Waals surface area contributed by atoms with Crippen molar-refractivity contribution in [2.75, 3.05) is 58.1 Å². The molecule has 2 aromatic carbocycles. The van der Waals surface area contributed by atoms with Crippen LogP contribution in [0.3, 0.4) is 0 Å². The van der Waals surface area contributed by atoms with Crippen molar-refractivity contribution < 1.29 is 37.9 Å². The summed E-state index contributed by atoms with van der Waals surface area (Å²) in [6.45, 7) is 7.02. The standard InChI is InChI=1S/C44H51F2N5O6/c1-5-30-32(45)11-10-27-20-29(52)21-31(33(27)30)36-35(46)37-34(39(47-36)54-4)38(50-18-19-55-25-41(2,53)24-50)49-40(48-37)56-26-43-13-8-12-42(43,3)51(17-9-14-43)28-22-44(57-23-28)15-6-7-16-44/h1,10-11,20-21,28,52-53H,6-9,12-19,22-26H2,2-4H3/t28?,41-,42+,43+/m0/s1. The maximum absolute atomic E-state index is 17.4. The number of aromatic nitrogens is 3. The highest BCUT2D eigenvalue weighted by Crippen LogP contribution is 2.57. The molecule has 0 radical (unpaired) electrons. The van der Waals surface area contributed by atoms with Gasteiger partial charge in [-0.1, -0.05) is 31.2 Å². The molecule has 0 amide bonds. The number of β-amino-alcohol motifs (C(OH)–C–C–N with tert-alkyl or cyclic N) is 1. The number of aromatic hydroxyl groups is 1. The van der Waals surface area contributed by atoms with Crippen molar-refractivity contribution in [1.82, 2.24) is 19.9 Å². The topological polar surface area (TPSA) is 123 Å². The third-order valence-corrected chi connectivity index (χ3v) is 13.9. The van der Waals surface area contributed by atoms with Crippen molar-refractivity contribution in [3.05, 3.63) is 41.5 Å². The van der Waals surface area contributed by atoms with Crippen LogP contribution in [0.4, 0.5) is 14.6 Å². The lowest BCUT2D eigenvalue weighted by molar-refractivity contribution is -0.0873. The molecule has 5 heterocycles.